The second-order valence-corrected chi connectivity index (χ2v) is 4.67. The highest BCUT2D eigenvalue weighted by Crippen LogP contribution is 2.23. The average molecular weight is 277 g/mol. The van der Waals surface area contributed by atoms with Crippen molar-refractivity contribution in [2.75, 3.05) is 20.3 Å². The first-order valence-electron chi connectivity index (χ1n) is 5.98. The third-order valence-electron chi connectivity index (χ3n) is 2.55. The summed E-state index contributed by atoms with van der Waals surface area (Å²) >= 11 is 1.11. The second-order valence-electron chi connectivity index (χ2n) is 3.92. The van der Waals surface area contributed by atoms with Gasteiger partial charge in [0.1, 0.15) is 10.6 Å². The molecule has 6 heteroatoms. The molecule has 0 unspecified atom stereocenters. The predicted octanol–water partition coefficient (Wildman–Crippen LogP) is 1.97. The molecule has 0 saturated heterocycles. The molecule has 19 heavy (non-hydrogen) atoms. The van der Waals surface area contributed by atoms with Gasteiger partial charge in [-0.15, -0.1) is 5.10 Å². The molecular weight excluding hydrogens is 262 g/mol. The van der Waals surface area contributed by atoms with E-state index in [9.17, 15) is 4.79 Å². The number of benzene rings is 1. The van der Waals surface area contributed by atoms with E-state index in [0.717, 1.165) is 23.5 Å². The number of hydrogen-bond donors (Lipinski definition) is 1. The van der Waals surface area contributed by atoms with Crippen molar-refractivity contribution in [1.29, 1.82) is 0 Å². The maximum atomic E-state index is 12.0. The number of rotatable bonds is 6. The largest absolute Gasteiger partial charge is 0.385 e. The van der Waals surface area contributed by atoms with Crippen LogP contribution in [0.15, 0.2) is 30.3 Å². The van der Waals surface area contributed by atoms with Crippen LogP contribution in [-0.2, 0) is 4.74 Å². The van der Waals surface area contributed by atoms with E-state index in [1.807, 2.05) is 30.3 Å². The number of nitrogens with one attached hydrogen (secondary N) is 1. The van der Waals surface area contributed by atoms with Crippen molar-refractivity contribution in [3.8, 4) is 11.3 Å². The molecule has 5 nitrogen and oxygen atoms in total. The van der Waals surface area contributed by atoms with Crippen LogP contribution in [0.3, 0.4) is 0 Å². The van der Waals surface area contributed by atoms with Crippen LogP contribution in [0.2, 0.25) is 0 Å². The zero-order chi connectivity index (χ0) is 13.5. The molecule has 0 bridgehead atoms. The van der Waals surface area contributed by atoms with Gasteiger partial charge >= 0.3 is 0 Å². The van der Waals surface area contributed by atoms with E-state index < -0.39 is 0 Å². The molecule has 1 amide bonds. The first kappa shape index (κ1) is 13.6. The van der Waals surface area contributed by atoms with Gasteiger partial charge in [0.15, 0.2) is 0 Å². The van der Waals surface area contributed by atoms with Crippen molar-refractivity contribution in [2.45, 2.75) is 6.42 Å². The summed E-state index contributed by atoms with van der Waals surface area (Å²) < 4.78 is 8.80. The Morgan fingerprint density at radius 1 is 1.37 bits per heavy atom. The number of hydrogen-bond acceptors (Lipinski definition) is 5. The molecule has 1 heterocycles. The number of ether oxygens (including phenoxy) is 1. The first-order chi connectivity index (χ1) is 9.33. The lowest BCUT2D eigenvalue weighted by Crippen LogP contribution is -2.24. The van der Waals surface area contributed by atoms with Crippen molar-refractivity contribution >= 4 is 17.4 Å². The Labute approximate surface area is 115 Å². The highest BCUT2D eigenvalue weighted by atomic mass is 32.1. The highest BCUT2D eigenvalue weighted by Gasteiger charge is 2.16. The van der Waals surface area contributed by atoms with E-state index in [1.54, 1.807) is 7.11 Å². The van der Waals surface area contributed by atoms with Gasteiger partial charge in [-0.3, -0.25) is 4.79 Å². The minimum atomic E-state index is -0.134. The number of nitrogens with zero attached hydrogens (tertiary/aromatic N) is 2. The summed E-state index contributed by atoms with van der Waals surface area (Å²) in [4.78, 5) is 12.6. The smallest absolute Gasteiger partial charge is 0.265 e. The van der Waals surface area contributed by atoms with Gasteiger partial charge in [0.05, 0.1) is 0 Å². The third-order valence-corrected chi connectivity index (χ3v) is 3.28. The number of carbonyl (C=O) groups excluding carboxylic acids is 1. The van der Waals surface area contributed by atoms with Gasteiger partial charge in [-0.25, -0.2) is 0 Å². The second kappa shape index (κ2) is 6.96. The predicted molar refractivity (Wildman–Crippen MR) is 74.2 cm³/mol. The fourth-order valence-corrected chi connectivity index (χ4v) is 2.23. The van der Waals surface area contributed by atoms with Crippen molar-refractivity contribution in [1.82, 2.24) is 14.9 Å². The topological polar surface area (TPSA) is 64.1 Å². The summed E-state index contributed by atoms with van der Waals surface area (Å²) in [5.74, 6) is -0.134. The quantitative estimate of drug-likeness (QED) is 0.820. The molecule has 2 aromatic rings. The third kappa shape index (κ3) is 3.59. The van der Waals surface area contributed by atoms with Gasteiger partial charge in [0.25, 0.3) is 5.91 Å². The maximum Gasteiger partial charge on any atom is 0.265 e. The van der Waals surface area contributed by atoms with Gasteiger partial charge < -0.3 is 10.1 Å². The molecule has 0 atom stereocenters. The van der Waals surface area contributed by atoms with Crippen molar-refractivity contribution in [2.24, 2.45) is 0 Å². The molecule has 0 aliphatic carbocycles. The average Bonchev–Trinajstić information content (AvgIpc) is 2.94. The summed E-state index contributed by atoms with van der Waals surface area (Å²) in [6.07, 6.45) is 0.787. The summed E-state index contributed by atoms with van der Waals surface area (Å²) in [7, 11) is 1.64. The molecule has 0 saturated carbocycles. The van der Waals surface area contributed by atoms with Gasteiger partial charge in [0.2, 0.25) is 0 Å². The van der Waals surface area contributed by atoms with E-state index in [2.05, 4.69) is 14.9 Å². The maximum absolute atomic E-state index is 12.0. The van der Waals surface area contributed by atoms with Crippen LogP contribution in [0.4, 0.5) is 0 Å². The molecule has 0 aliphatic rings. The first-order valence-corrected chi connectivity index (χ1v) is 6.75. The van der Waals surface area contributed by atoms with E-state index in [4.69, 9.17) is 4.74 Å². The van der Waals surface area contributed by atoms with Crippen molar-refractivity contribution < 1.29 is 9.53 Å². The molecule has 100 valence electrons. The summed E-state index contributed by atoms with van der Waals surface area (Å²) in [5.41, 5.74) is 1.54. The minimum absolute atomic E-state index is 0.134. The summed E-state index contributed by atoms with van der Waals surface area (Å²) in [6.45, 7) is 1.21. The molecule has 2 rings (SSSR count). The SMILES string of the molecule is COCCCNC(=O)c1snnc1-c1ccccc1. The Morgan fingerprint density at radius 3 is 2.89 bits per heavy atom. The van der Waals surface area contributed by atoms with Crippen LogP contribution in [-0.4, -0.2) is 35.8 Å². The Morgan fingerprint density at radius 2 is 2.16 bits per heavy atom. The number of aromatic nitrogens is 2. The summed E-state index contributed by atoms with van der Waals surface area (Å²) in [6, 6.07) is 9.58. The fourth-order valence-electron chi connectivity index (χ4n) is 1.62. The number of methoxy groups -OCH3 is 1. The van der Waals surface area contributed by atoms with Crippen LogP contribution in [0.25, 0.3) is 11.3 Å². The van der Waals surface area contributed by atoms with E-state index in [1.165, 1.54) is 0 Å². The molecule has 0 aliphatic heterocycles. The zero-order valence-electron chi connectivity index (χ0n) is 10.6. The van der Waals surface area contributed by atoms with E-state index in [0.29, 0.717) is 23.7 Å². The Bertz CT molecular complexity index is 528. The van der Waals surface area contributed by atoms with E-state index >= 15 is 0 Å². The van der Waals surface area contributed by atoms with Gasteiger partial charge in [-0.2, -0.15) is 0 Å². The molecule has 1 aromatic heterocycles. The van der Waals surface area contributed by atoms with Crippen molar-refractivity contribution in [3.05, 3.63) is 35.2 Å². The van der Waals surface area contributed by atoms with Crippen LogP contribution < -0.4 is 5.32 Å². The summed E-state index contributed by atoms with van der Waals surface area (Å²) in [5, 5.41) is 6.88. The molecular formula is C13H15N3O2S. The van der Waals surface area contributed by atoms with Crippen LogP contribution in [0.5, 0.6) is 0 Å². The molecule has 0 radical (unpaired) electrons. The fraction of sp³-hybridized carbons (Fsp3) is 0.308. The molecule has 0 fully saturated rings. The number of carbonyl (C=O) groups is 1. The Hall–Kier alpha value is -1.79. The number of amides is 1. The monoisotopic (exact) mass is 277 g/mol. The van der Waals surface area contributed by atoms with Gasteiger partial charge in [-0.1, -0.05) is 34.8 Å². The lowest BCUT2D eigenvalue weighted by molar-refractivity contribution is 0.0953. The Kier molecular flexibility index (Phi) is 5.00. The minimum Gasteiger partial charge on any atom is -0.385 e. The lowest BCUT2D eigenvalue weighted by Gasteiger charge is -2.04. The van der Waals surface area contributed by atoms with Crippen LogP contribution in [0, 0.1) is 0 Å². The normalized spacial score (nSPS) is 10.4. The van der Waals surface area contributed by atoms with Gasteiger partial charge in [-0.05, 0) is 18.0 Å². The van der Waals surface area contributed by atoms with E-state index in [-0.39, 0.29) is 5.91 Å². The zero-order valence-corrected chi connectivity index (χ0v) is 11.4. The van der Waals surface area contributed by atoms with Crippen LogP contribution >= 0.6 is 11.5 Å². The van der Waals surface area contributed by atoms with Crippen molar-refractivity contribution in [3.63, 3.8) is 0 Å². The van der Waals surface area contributed by atoms with Crippen LogP contribution in [0.1, 0.15) is 16.1 Å². The molecule has 1 N–H and O–H groups in total. The standard InChI is InChI=1S/C13H15N3O2S/c1-18-9-5-8-14-13(17)12-11(15-16-19-12)10-6-3-2-4-7-10/h2-4,6-7H,5,8-9H2,1H3,(H,14,17). The van der Waals surface area contributed by atoms with Gasteiger partial charge in [0, 0.05) is 25.8 Å². The Balaban J connectivity index is 2.05. The molecule has 1 aromatic carbocycles. The molecule has 0 spiro atoms. The lowest BCUT2D eigenvalue weighted by atomic mass is 10.1. The highest BCUT2D eigenvalue weighted by molar-refractivity contribution is 7.08.